The maximum atomic E-state index is 5.76. The van der Waals surface area contributed by atoms with Crippen molar-refractivity contribution in [2.75, 3.05) is 32.8 Å². The first-order valence-corrected chi connectivity index (χ1v) is 5.84. The maximum absolute atomic E-state index is 5.76. The summed E-state index contributed by atoms with van der Waals surface area (Å²) < 4.78 is 5.76. The van der Waals surface area contributed by atoms with Gasteiger partial charge in [0.2, 0.25) is 0 Å². The highest BCUT2D eigenvalue weighted by molar-refractivity contribution is 4.90. The zero-order valence-corrected chi connectivity index (χ0v) is 9.14. The van der Waals surface area contributed by atoms with Gasteiger partial charge in [0.05, 0.1) is 12.2 Å². The molecule has 0 unspecified atom stereocenters. The van der Waals surface area contributed by atoms with Gasteiger partial charge in [0.1, 0.15) is 0 Å². The fraction of sp³-hybridized carbons (Fsp3) is 1.00. The third kappa shape index (κ3) is 3.23. The topological polar surface area (TPSA) is 33.3 Å². The number of ether oxygens (including phenoxy) is 1. The van der Waals surface area contributed by atoms with Gasteiger partial charge in [-0.15, -0.1) is 0 Å². The van der Waals surface area contributed by atoms with E-state index in [-0.39, 0.29) is 5.60 Å². The first-order valence-electron chi connectivity index (χ1n) is 5.84. The van der Waals surface area contributed by atoms with Crippen LogP contribution in [-0.2, 0) is 4.74 Å². The Kier molecular flexibility index (Phi) is 3.42. The second kappa shape index (κ2) is 4.60. The molecule has 2 rings (SSSR count). The summed E-state index contributed by atoms with van der Waals surface area (Å²) in [6, 6.07) is 0. The Bertz CT molecular complexity index is 176. The molecule has 3 heteroatoms. The van der Waals surface area contributed by atoms with Crippen LogP contribution in [0.3, 0.4) is 0 Å². The Morgan fingerprint density at radius 2 is 2.14 bits per heavy atom. The Morgan fingerprint density at radius 3 is 2.71 bits per heavy atom. The quantitative estimate of drug-likeness (QED) is 0.592. The summed E-state index contributed by atoms with van der Waals surface area (Å²) in [6.07, 6.45) is 4.28. The van der Waals surface area contributed by atoms with Gasteiger partial charge in [-0.2, -0.15) is 0 Å². The van der Waals surface area contributed by atoms with Crippen molar-refractivity contribution in [3.63, 3.8) is 0 Å². The largest absolute Gasteiger partial charge is 0.371 e. The third-order valence-electron chi connectivity index (χ3n) is 3.15. The maximum Gasteiger partial charge on any atom is 0.0902 e. The first-order chi connectivity index (χ1) is 6.79. The van der Waals surface area contributed by atoms with Crippen LogP contribution < -0.4 is 10.6 Å². The molecule has 0 aromatic rings. The molecule has 0 aromatic heterocycles. The smallest absolute Gasteiger partial charge is 0.0902 e. The summed E-state index contributed by atoms with van der Waals surface area (Å²) in [5.74, 6) is 1.04. The summed E-state index contributed by atoms with van der Waals surface area (Å²) in [4.78, 5) is 0. The van der Waals surface area contributed by atoms with Crippen molar-refractivity contribution in [3.05, 3.63) is 0 Å². The first kappa shape index (κ1) is 10.4. The van der Waals surface area contributed by atoms with Crippen LogP contribution in [0.1, 0.15) is 26.2 Å². The van der Waals surface area contributed by atoms with Crippen molar-refractivity contribution in [3.8, 4) is 0 Å². The molecule has 0 atom stereocenters. The number of nitrogens with one attached hydrogen (secondary N) is 2. The van der Waals surface area contributed by atoms with Crippen LogP contribution in [0.5, 0.6) is 0 Å². The Morgan fingerprint density at radius 1 is 1.36 bits per heavy atom. The highest BCUT2D eigenvalue weighted by Gasteiger charge is 2.31. The molecule has 2 N–H and O–H groups in total. The van der Waals surface area contributed by atoms with E-state index in [4.69, 9.17) is 4.74 Å². The average Bonchev–Trinajstić information content (AvgIpc) is 2.91. The minimum Gasteiger partial charge on any atom is -0.371 e. The Balaban J connectivity index is 1.39. The minimum absolute atomic E-state index is 0.123. The van der Waals surface area contributed by atoms with Gasteiger partial charge < -0.3 is 15.4 Å². The zero-order chi connectivity index (χ0) is 9.86. The highest BCUT2D eigenvalue weighted by atomic mass is 16.5. The normalized spacial score (nSPS) is 24.6. The van der Waals surface area contributed by atoms with Gasteiger partial charge in [0.15, 0.2) is 0 Å². The lowest BCUT2D eigenvalue weighted by Gasteiger charge is -2.39. The molecule has 0 aromatic carbocycles. The van der Waals surface area contributed by atoms with Crippen LogP contribution >= 0.6 is 0 Å². The molecule has 2 aliphatic rings. The van der Waals surface area contributed by atoms with Crippen LogP contribution in [0.2, 0.25) is 0 Å². The molecule has 2 fully saturated rings. The van der Waals surface area contributed by atoms with Gasteiger partial charge in [-0.1, -0.05) is 12.8 Å². The summed E-state index contributed by atoms with van der Waals surface area (Å²) in [5.41, 5.74) is 0.123. The molecule has 0 amide bonds. The third-order valence-corrected chi connectivity index (χ3v) is 3.15. The van der Waals surface area contributed by atoms with E-state index in [1.165, 1.54) is 25.8 Å². The standard InChI is InChI=1S/C11H22N2O/c1-11(8-13-9-11)14-7-6-12-5-4-10-2-3-10/h10,12-13H,2-9H2,1H3. The van der Waals surface area contributed by atoms with Crippen LogP contribution in [0.4, 0.5) is 0 Å². The van der Waals surface area contributed by atoms with Crippen molar-refractivity contribution < 1.29 is 4.74 Å². The van der Waals surface area contributed by atoms with Crippen molar-refractivity contribution >= 4 is 0 Å². The molecule has 1 aliphatic heterocycles. The summed E-state index contributed by atoms with van der Waals surface area (Å²) in [5, 5.41) is 6.66. The highest BCUT2D eigenvalue weighted by Crippen LogP contribution is 2.31. The lowest BCUT2D eigenvalue weighted by atomic mass is 10.0. The van der Waals surface area contributed by atoms with Gasteiger partial charge in [0, 0.05) is 19.6 Å². The van der Waals surface area contributed by atoms with Crippen LogP contribution in [0.25, 0.3) is 0 Å². The second-order valence-electron chi connectivity index (χ2n) is 4.88. The van der Waals surface area contributed by atoms with Gasteiger partial charge >= 0.3 is 0 Å². The molecular formula is C11H22N2O. The number of hydrogen-bond donors (Lipinski definition) is 2. The Hall–Kier alpha value is -0.120. The molecule has 0 spiro atoms. The van der Waals surface area contributed by atoms with Gasteiger partial charge in [-0.05, 0) is 25.8 Å². The monoisotopic (exact) mass is 198 g/mol. The number of hydrogen-bond acceptors (Lipinski definition) is 3. The molecule has 3 nitrogen and oxygen atoms in total. The van der Waals surface area contributed by atoms with E-state index in [1.807, 2.05) is 0 Å². The molecule has 0 radical (unpaired) electrons. The van der Waals surface area contributed by atoms with Crippen molar-refractivity contribution in [1.29, 1.82) is 0 Å². The van der Waals surface area contributed by atoms with E-state index < -0.39 is 0 Å². The molecule has 14 heavy (non-hydrogen) atoms. The van der Waals surface area contributed by atoms with E-state index in [2.05, 4.69) is 17.6 Å². The molecule has 1 heterocycles. The van der Waals surface area contributed by atoms with E-state index in [0.717, 1.165) is 32.2 Å². The lowest BCUT2D eigenvalue weighted by Crippen LogP contribution is -2.59. The number of rotatable bonds is 7. The summed E-state index contributed by atoms with van der Waals surface area (Å²) in [6.45, 7) is 7.21. The molecule has 82 valence electrons. The van der Waals surface area contributed by atoms with Crippen molar-refractivity contribution in [2.45, 2.75) is 31.8 Å². The SMILES string of the molecule is CC1(OCCNCCC2CC2)CNC1. The van der Waals surface area contributed by atoms with Crippen LogP contribution in [0.15, 0.2) is 0 Å². The van der Waals surface area contributed by atoms with E-state index in [0.29, 0.717) is 0 Å². The van der Waals surface area contributed by atoms with Crippen LogP contribution in [-0.4, -0.2) is 38.4 Å². The second-order valence-corrected chi connectivity index (χ2v) is 4.88. The predicted molar refractivity (Wildman–Crippen MR) is 57.4 cm³/mol. The van der Waals surface area contributed by atoms with E-state index in [9.17, 15) is 0 Å². The van der Waals surface area contributed by atoms with Gasteiger partial charge in [-0.25, -0.2) is 0 Å². The summed E-state index contributed by atoms with van der Waals surface area (Å²) in [7, 11) is 0. The predicted octanol–water partition coefficient (Wildman–Crippen LogP) is 0.755. The molecular weight excluding hydrogens is 176 g/mol. The van der Waals surface area contributed by atoms with E-state index in [1.54, 1.807) is 0 Å². The lowest BCUT2D eigenvalue weighted by molar-refractivity contribution is -0.0647. The minimum atomic E-state index is 0.123. The summed E-state index contributed by atoms with van der Waals surface area (Å²) >= 11 is 0. The van der Waals surface area contributed by atoms with Crippen molar-refractivity contribution in [1.82, 2.24) is 10.6 Å². The molecule has 1 saturated carbocycles. The zero-order valence-electron chi connectivity index (χ0n) is 9.14. The Labute approximate surface area is 86.6 Å². The average molecular weight is 198 g/mol. The molecule has 1 saturated heterocycles. The molecule has 1 aliphatic carbocycles. The van der Waals surface area contributed by atoms with E-state index >= 15 is 0 Å². The van der Waals surface area contributed by atoms with Gasteiger partial charge in [-0.3, -0.25) is 0 Å². The van der Waals surface area contributed by atoms with Crippen molar-refractivity contribution in [2.24, 2.45) is 5.92 Å². The van der Waals surface area contributed by atoms with Gasteiger partial charge in [0.25, 0.3) is 0 Å². The van der Waals surface area contributed by atoms with Crippen LogP contribution in [0, 0.1) is 5.92 Å². The fourth-order valence-electron chi connectivity index (χ4n) is 1.79. The molecule has 0 bridgehead atoms. The fourth-order valence-corrected chi connectivity index (χ4v) is 1.79.